The Morgan fingerprint density at radius 1 is 1.09 bits per heavy atom. The van der Waals surface area contributed by atoms with Crippen LogP contribution >= 0.6 is 11.3 Å². The molecular weight excluding hydrogens is 444 g/mol. The van der Waals surface area contributed by atoms with Gasteiger partial charge in [0.05, 0.1) is 19.7 Å². The lowest BCUT2D eigenvalue weighted by Gasteiger charge is -2.21. The molecule has 0 saturated carbocycles. The summed E-state index contributed by atoms with van der Waals surface area (Å²) >= 11 is 1.36. The van der Waals surface area contributed by atoms with Crippen molar-refractivity contribution in [1.29, 1.82) is 0 Å². The number of anilines is 1. The van der Waals surface area contributed by atoms with Gasteiger partial charge in [0.25, 0.3) is 0 Å². The predicted molar refractivity (Wildman–Crippen MR) is 129 cm³/mol. The van der Waals surface area contributed by atoms with Gasteiger partial charge in [0.1, 0.15) is 28.3 Å². The van der Waals surface area contributed by atoms with Crippen LogP contribution in [-0.2, 0) is 11.3 Å². The SMILES string of the molecule is COc1ccc(OC)c2sc(N(CCCN(C)C)C(=O)Cn3c(=O)oc4ccccc43)nc12. The van der Waals surface area contributed by atoms with Crippen molar-refractivity contribution < 1.29 is 18.7 Å². The van der Waals surface area contributed by atoms with Crippen molar-refractivity contribution in [2.75, 3.05) is 46.3 Å². The van der Waals surface area contributed by atoms with E-state index in [1.54, 1.807) is 49.5 Å². The first kappa shape index (κ1) is 22.8. The fourth-order valence-electron chi connectivity index (χ4n) is 3.65. The zero-order valence-corrected chi connectivity index (χ0v) is 19.8. The van der Waals surface area contributed by atoms with Crippen LogP contribution in [0.15, 0.2) is 45.6 Å². The Labute approximate surface area is 194 Å². The van der Waals surface area contributed by atoms with Crippen LogP contribution in [-0.4, -0.2) is 61.8 Å². The van der Waals surface area contributed by atoms with Crippen molar-refractivity contribution in [2.45, 2.75) is 13.0 Å². The zero-order chi connectivity index (χ0) is 23.5. The topological polar surface area (TPSA) is 90.0 Å². The number of carbonyl (C=O) groups excluding carboxylic acids is 1. The van der Waals surface area contributed by atoms with E-state index in [9.17, 15) is 9.59 Å². The van der Waals surface area contributed by atoms with E-state index in [1.165, 1.54) is 15.9 Å². The Bertz CT molecular complexity index is 1300. The molecule has 4 aromatic rings. The Balaban J connectivity index is 1.72. The molecule has 0 aliphatic rings. The zero-order valence-electron chi connectivity index (χ0n) is 19.0. The largest absolute Gasteiger partial charge is 0.495 e. The maximum Gasteiger partial charge on any atom is 0.420 e. The molecule has 2 aromatic carbocycles. The summed E-state index contributed by atoms with van der Waals surface area (Å²) in [5.41, 5.74) is 1.66. The second kappa shape index (κ2) is 9.63. The number of nitrogens with zero attached hydrogens (tertiary/aromatic N) is 4. The number of methoxy groups -OCH3 is 2. The molecule has 9 nitrogen and oxygen atoms in total. The minimum atomic E-state index is -0.564. The van der Waals surface area contributed by atoms with Crippen LogP contribution in [0.4, 0.5) is 5.13 Å². The second-order valence-corrected chi connectivity index (χ2v) is 8.75. The van der Waals surface area contributed by atoms with E-state index in [1.807, 2.05) is 20.2 Å². The highest BCUT2D eigenvalue weighted by molar-refractivity contribution is 7.22. The number of benzene rings is 2. The van der Waals surface area contributed by atoms with Crippen molar-refractivity contribution in [2.24, 2.45) is 0 Å². The maximum absolute atomic E-state index is 13.5. The average molecular weight is 471 g/mol. The van der Waals surface area contributed by atoms with Gasteiger partial charge in [-0.15, -0.1) is 0 Å². The van der Waals surface area contributed by atoms with Gasteiger partial charge in [0, 0.05) is 6.54 Å². The summed E-state index contributed by atoms with van der Waals surface area (Å²) in [5.74, 6) is 0.447. The number of para-hydroxylation sites is 2. The van der Waals surface area contributed by atoms with Gasteiger partial charge in [0.2, 0.25) is 5.91 Å². The molecule has 0 N–H and O–H groups in total. The average Bonchev–Trinajstić information content (AvgIpc) is 3.37. The van der Waals surface area contributed by atoms with Crippen LogP contribution in [0.3, 0.4) is 0 Å². The summed E-state index contributed by atoms with van der Waals surface area (Å²) in [4.78, 5) is 34.3. The second-order valence-electron chi connectivity index (χ2n) is 7.77. The van der Waals surface area contributed by atoms with Gasteiger partial charge in [-0.1, -0.05) is 23.5 Å². The van der Waals surface area contributed by atoms with Gasteiger partial charge in [-0.25, -0.2) is 9.78 Å². The first-order valence-electron chi connectivity index (χ1n) is 10.5. The molecule has 0 unspecified atom stereocenters. The third-order valence-electron chi connectivity index (χ3n) is 5.29. The smallest absolute Gasteiger partial charge is 0.420 e. The van der Waals surface area contributed by atoms with E-state index < -0.39 is 5.76 Å². The highest BCUT2D eigenvalue weighted by Gasteiger charge is 2.24. The number of amides is 1. The molecular formula is C23H26N4O5S. The fraction of sp³-hybridized carbons (Fsp3) is 0.348. The predicted octanol–water partition coefficient (Wildman–Crippen LogP) is 3.21. The van der Waals surface area contributed by atoms with Crippen LogP contribution in [0, 0.1) is 0 Å². The molecule has 0 fully saturated rings. The number of oxazole rings is 1. The molecule has 0 atom stereocenters. The Kier molecular flexibility index (Phi) is 6.66. The number of ether oxygens (including phenoxy) is 2. The van der Waals surface area contributed by atoms with Crippen molar-refractivity contribution in [3.05, 3.63) is 46.9 Å². The third kappa shape index (κ3) is 4.57. The number of fused-ring (bicyclic) bond motifs is 2. The highest BCUT2D eigenvalue weighted by Crippen LogP contribution is 2.40. The first-order valence-corrected chi connectivity index (χ1v) is 11.3. The molecule has 0 saturated heterocycles. The third-order valence-corrected chi connectivity index (χ3v) is 6.38. The van der Waals surface area contributed by atoms with Gasteiger partial charge in [-0.05, 0) is 51.3 Å². The van der Waals surface area contributed by atoms with E-state index in [-0.39, 0.29) is 12.5 Å². The molecule has 10 heteroatoms. The number of hydrogen-bond acceptors (Lipinski definition) is 8. The van der Waals surface area contributed by atoms with E-state index in [0.29, 0.717) is 39.8 Å². The van der Waals surface area contributed by atoms with Crippen molar-refractivity contribution in [1.82, 2.24) is 14.5 Å². The highest BCUT2D eigenvalue weighted by atomic mass is 32.1. The maximum atomic E-state index is 13.5. The van der Waals surface area contributed by atoms with Crippen LogP contribution in [0.2, 0.25) is 0 Å². The van der Waals surface area contributed by atoms with Gasteiger partial charge in [0.15, 0.2) is 10.7 Å². The quantitative estimate of drug-likeness (QED) is 0.371. The standard InChI is InChI=1S/C23H26N4O5S/c1-25(2)12-7-13-26(19(28)14-27-15-8-5-6-9-16(15)32-23(27)29)22-24-20-17(30-3)10-11-18(31-4)21(20)33-22/h5-6,8-11H,7,12-14H2,1-4H3. The lowest BCUT2D eigenvalue weighted by atomic mass is 10.3. The fourth-order valence-corrected chi connectivity index (χ4v) is 4.76. The summed E-state index contributed by atoms with van der Waals surface area (Å²) in [6, 6.07) is 10.7. The summed E-state index contributed by atoms with van der Waals surface area (Å²) < 4.78 is 18.4. The van der Waals surface area contributed by atoms with E-state index in [0.717, 1.165) is 17.7 Å². The number of rotatable bonds is 9. The minimum absolute atomic E-state index is 0.151. The lowest BCUT2D eigenvalue weighted by molar-refractivity contribution is -0.119. The van der Waals surface area contributed by atoms with Gasteiger partial charge >= 0.3 is 5.76 Å². The molecule has 0 spiro atoms. The number of hydrogen-bond donors (Lipinski definition) is 0. The Morgan fingerprint density at radius 3 is 2.55 bits per heavy atom. The van der Waals surface area contributed by atoms with E-state index >= 15 is 0 Å². The number of aromatic nitrogens is 2. The molecule has 2 heterocycles. The molecule has 33 heavy (non-hydrogen) atoms. The molecule has 0 aliphatic heterocycles. The lowest BCUT2D eigenvalue weighted by Crippen LogP contribution is -2.37. The monoisotopic (exact) mass is 470 g/mol. The van der Waals surface area contributed by atoms with Crippen molar-refractivity contribution in [3.8, 4) is 11.5 Å². The Hall–Kier alpha value is -3.37. The molecule has 174 valence electrons. The molecule has 4 rings (SSSR count). The molecule has 0 bridgehead atoms. The summed E-state index contributed by atoms with van der Waals surface area (Å²) in [6.45, 7) is 1.10. The molecule has 1 amide bonds. The minimum Gasteiger partial charge on any atom is -0.495 e. The molecule has 0 radical (unpaired) electrons. The van der Waals surface area contributed by atoms with Gasteiger partial charge in [-0.3, -0.25) is 14.3 Å². The van der Waals surface area contributed by atoms with Crippen molar-refractivity contribution >= 4 is 43.7 Å². The normalized spacial score (nSPS) is 11.4. The van der Waals surface area contributed by atoms with Crippen LogP contribution in [0.1, 0.15) is 6.42 Å². The first-order chi connectivity index (χ1) is 15.9. The Morgan fingerprint density at radius 2 is 1.82 bits per heavy atom. The molecule has 0 aliphatic carbocycles. The van der Waals surface area contributed by atoms with Crippen LogP contribution in [0.25, 0.3) is 21.3 Å². The van der Waals surface area contributed by atoms with Gasteiger partial charge in [-0.2, -0.15) is 0 Å². The van der Waals surface area contributed by atoms with Gasteiger partial charge < -0.3 is 18.8 Å². The number of thiazole rings is 1. The van der Waals surface area contributed by atoms with Crippen LogP contribution < -0.4 is 20.1 Å². The molecule has 2 aromatic heterocycles. The van der Waals surface area contributed by atoms with E-state index in [2.05, 4.69) is 4.90 Å². The number of carbonyl (C=O) groups is 1. The van der Waals surface area contributed by atoms with Crippen molar-refractivity contribution in [3.63, 3.8) is 0 Å². The summed E-state index contributed by atoms with van der Waals surface area (Å²) in [7, 11) is 7.14. The van der Waals surface area contributed by atoms with Crippen LogP contribution in [0.5, 0.6) is 11.5 Å². The summed E-state index contributed by atoms with van der Waals surface area (Å²) in [6.07, 6.45) is 0.740. The summed E-state index contributed by atoms with van der Waals surface area (Å²) in [5, 5.41) is 0.525. The van der Waals surface area contributed by atoms with E-state index in [4.69, 9.17) is 18.9 Å².